The maximum absolute atomic E-state index is 12.7. The van der Waals surface area contributed by atoms with Gasteiger partial charge < -0.3 is 9.08 Å². The molecule has 1 aliphatic rings. The van der Waals surface area contributed by atoms with E-state index < -0.39 is 10.1 Å². The summed E-state index contributed by atoms with van der Waals surface area (Å²) in [6.45, 7) is 3.96. The zero-order valence-corrected chi connectivity index (χ0v) is 17.0. The summed E-state index contributed by atoms with van der Waals surface area (Å²) in [7, 11) is -4.01. The molecule has 4 rings (SSSR count). The van der Waals surface area contributed by atoms with Crippen molar-refractivity contribution in [2.75, 3.05) is 11.4 Å². The molecule has 6 nitrogen and oxygen atoms in total. The molecule has 0 spiro atoms. The molecule has 0 saturated carbocycles. The SMILES string of the molecule is CC(=O)N1CCc2ccc(S(=O)(=O)Oc3ccc(-c4nc(C)cs4)cc3)cc21. The summed E-state index contributed by atoms with van der Waals surface area (Å²) >= 11 is 1.53. The predicted molar refractivity (Wildman–Crippen MR) is 108 cm³/mol. The number of fused-ring (bicyclic) bond motifs is 1. The van der Waals surface area contributed by atoms with Crippen LogP contribution >= 0.6 is 11.3 Å². The minimum Gasteiger partial charge on any atom is -0.379 e. The first-order chi connectivity index (χ1) is 13.3. The van der Waals surface area contributed by atoms with E-state index >= 15 is 0 Å². The van der Waals surface area contributed by atoms with E-state index in [-0.39, 0.29) is 16.6 Å². The van der Waals surface area contributed by atoms with Crippen LogP contribution < -0.4 is 9.08 Å². The fourth-order valence-corrected chi connectivity index (χ4v) is 4.91. The van der Waals surface area contributed by atoms with Gasteiger partial charge in [0.25, 0.3) is 0 Å². The average Bonchev–Trinajstić information content (AvgIpc) is 3.27. The third kappa shape index (κ3) is 3.53. The van der Waals surface area contributed by atoms with E-state index in [1.807, 2.05) is 12.3 Å². The zero-order valence-electron chi connectivity index (χ0n) is 15.4. The van der Waals surface area contributed by atoms with E-state index in [0.717, 1.165) is 21.8 Å². The summed E-state index contributed by atoms with van der Waals surface area (Å²) in [5, 5.41) is 2.83. The number of hydrogen-bond donors (Lipinski definition) is 0. The third-order valence-electron chi connectivity index (χ3n) is 4.55. The second-order valence-electron chi connectivity index (χ2n) is 6.57. The van der Waals surface area contributed by atoms with Crippen molar-refractivity contribution in [1.29, 1.82) is 0 Å². The topological polar surface area (TPSA) is 76.6 Å². The van der Waals surface area contributed by atoms with Gasteiger partial charge in [-0.25, -0.2) is 4.98 Å². The number of aromatic nitrogens is 1. The van der Waals surface area contributed by atoms with Gasteiger partial charge in [-0.05, 0) is 55.3 Å². The smallest absolute Gasteiger partial charge is 0.339 e. The van der Waals surface area contributed by atoms with Gasteiger partial charge in [0.2, 0.25) is 5.91 Å². The van der Waals surface area contributed by atoms with E-state index in [1.54, 1.807) is 35.2 Å². The van der Waals surface area contributed by atoms with Gasteiger partial charge in [0.05, 0.1) is 0 Å². The molecule has 0 bridgehead atoms. The number of anilines is 1. The Morgan fingerprint density at radius 2 is 1.93 bits per heavy atom. The zero-order chi connectivity index (χ0) is 19.9. The largest absolute Gasteiger partial charge is 0.379 e. The van der Waals surface area contributed by atoms with E-state index in [0.29, 0.717) is 18.7 Å². The minimum absolute atomic E-state index is 0.0269. The molecule has 0 radical (unpaired) electrons. The van der Waals surface area contributed by atoms with E-state index in [4.69, 9.17) is 4.18 Å². The normalized spacial score (nSPS) is 13.4. The van der Waals surface area contributed by atoms with Crippen LogP contribution in [0.25, 0.3) is 10.6 Å². The van der Waals surface area contributed by atoms with Crippen LogP contribution in [0.5, 0.6) is 5.75 Å². The number of aryl methyl sites for hydroxylation is 1. The Balaban J connectivity index is 1.58. The molecule has 1 aliphatic heterocycles. The lowest BCUT2D eigenvalue weighted by atomic mass is 10.2. The molecule has 3 aromatic rings. The van der Waals surface area contributed by atoms with Crippen molar-refractivity contribution >= 4 is 33.0 Å². The Morgan fingerprint density at radius 3 is 2.57 bits per heavy atom. The minimum atomic E-state index is -4.01. The molecule has 0 aliphatic carbocycles. The molecule has 28 heavy (non-hydrogen) atoms. The van der Waals surface area contributed by atoms with Crippen molar-refractivity contribution < 1.29 is 17.4 Å². The lowest BCUT2D eigenvalue weighted by Crippen LogP contribution is -2.26. The number of hydrogen-bond acceptors (Lipinski definition) is 6. The van der Waals surface area contributed by atoms with Gasteiger partial charge in [0, 0.05) is 35.8 Å². The van der Waals surface area contributed by atoms with Crippen LogP contribution in [0, 0.1) is 6.92 Å². The first kappa shape index (κ1) is 18.6. The average molecular weight is 415 g/mol. The lowest BCUT2D eigenvalue weighted by molar-refractivity contribution is -0.116. The van der Waals surface area contributed by atoms with Crippen molar-refractivity contribution in [2.45, 2.75) is 25.2 Å². The Hall–Kier alpha value is -2.71. The van der Waals surface area contributed by atoms with Gasteiger partial charge in [-0.2, -0.15) is 8.42 Å². The number of carbonyl (C=O) groups is 1. The highest BCUT2D eigenvalue weighted by atomic mass is 32.2. The molecule has 144 valence electrons. The molecular formula is C20H18N2O4S2. The Bertz CT molecular complexity index is 1150. The number of benzene rings is 2. The first-order valence-corrected chi connectivity index (χ1v) is 11.0. The Morgan fingerprint density at radius 1 is 1.18 bits per heavy atom. The fraction of sp³-hybridized carbons (Fsp3) is 0.200. The van der Waals surface area contributed by atoms with Crippen LogP contribution in [0.15, 0.2) is 52.7 Å². The molecule has 1 amide bonds. The van der Waals surface area contributed by atoms with E-state index in [2.05, 4.69) is 4.98 Å². The van der Waals surface area contributed by atoms with Crippen LogP contribution in [0.4, 0.5) is 5.69 Å². The van der Waals surface area contributed by atoms with E-state index in [9.17, 15) is 13.2 Å². The van der Waals surface area contributed by atoms with Crippen LogP contribution in [0.2, 0.25) is 0 Å². The molecule has 2 heterocycles. The molecule has 8 heteroatoms. The standard InChI is InChI=1S/C20H18N2O4S2/c1-13-12-27-20(21-13)16-3-6-17(7-4-16)26-28(24,25)18-8-5-15-9-10-22(14(2)23)19(15)11-18/h3-8,11-12H,9-10H2,1-2H3. The highest BCUT2D eigenvalue weighted by Gasteiger charge is 2.26. The van der Waals surface area contributed by atoms with Gasteiger partial charge in [-0.1, -0.05) is 6.07 Å². The van der Waals surface area contributed by atoms with Crippen molar-refractivity contribution in [3.8, 4) is 16.3 Å². The quantitative estimate of drug-likeness (QED) is 0.607. The predicted octanol–water partition coefficient (Wildman–Crippen LogP) is 3.80. The second-order valence-corrected chi connectivity index (χ2v) is 8.97. The number of carbonyl (C=O) groups excluding carboxylic acids is 1. The molecule has 0 N–H and O–H groups in total. The van der Waals surface area contributed by atoms with Crippen LogP contribution in [0.3, 0.4) is 0 Å². The summed E-state index contributed by atoms with van der Waals surface area (Å²) in [6, 6.07) is 11.5. The molecule has 0 fully saturated rings. The molecule has 2 aromatic carbocycles. The van der Waals surface area contributed by atoms with Crippen LogP contribution in [0.1, 0.15) is 18.2 Å². The van der Waals surface area contributed by atoms with E-state index in [1.165, 1.54) is 30.4 Å². The van der Waals surface area contributed by atoms with Gasteiger partial charge >= 0.3 is 10.1 Å². The van der Waals surface area contributed by atoms with Gasteiger partial charge in [-0.15, -0.1) is 11.3 Å². The number of thiazole rings is 1. The monoisotopic (exact) mass is 414 g/mol. The number of nitrogens with zero attached hydrogens (tertiary/aromatic N) is 2. The van der Waals surface area contributed by atoms with Gasteiger partial charge in [0.15, 0.2) is 0 Å². The van der Waals surface area contributed by atoms with Crippen molar-refractivity contribution in [3.63, 3.8) is 0 Å². The Kier molecular flexibility index (Phi) is 4.68. The van der Waals surface area contributed by atoms with Crippen LogP contribution in [-0.4, -0.2) is 25.9 Å². The fourth-order valence-electron chi connectivity index (χ4n) is 3.16. The molecule has 1 aromatic heterocycles. The molecule has 0 atom stereocenters. The van der Waals surface area contributed by atoms with Crippen molar-refractivity contribution in [1.82, 2.24) is 4.98 Å². The van der Waals surface area contributed by atoms with Gasteiger partial charge in [-0.3, -0.25) is 4.79 Å². The van der Waals surface area contributed by atoms with Crippen LogP contribution in [-0.2, 0) is 21.3 Å². The lowest BCUT2D eigenvalue weighted by Gasteiger charge is -2.15. The van der Waals surface area contributed by atoms with Crippen molar-refractivity contribution in [2.24, 2.45) is 0 Å². The molecular weight excluding hydrogens is 396 g/mol. The second kappa shape index (κ2) is 7.03. The Labute approximate surface area is 167 Å². The third-order valence-corrected chi connectivity index (χ3v) is 6.80. The maximum Gasteiger partial charge on any atom is 0.339 e. The van der Waals surface area contributed by atoms with Gasteiger partial charge in [0.1, 0.15) is 15.7 Å². The maximum atomic E-state index is 12.7. The molecule has 0 saturated heterocycles. The molecule has 0 unspecified atom stereocenters. The summed E-state index contributed by atoms with van der Waals surface area (Å²) < 4.78 is 30.7. The highest BCUT2D eigenvalue weighted by molar-refractivity contribution is 7.87. The summed E-state index contributed by atoms with van der Waals surface area (Å²) in [6.07, 6.45) is 0.716. The number of rotatable bonds is 4. The summed E-state index contributed by atoms with van der Waals surface area (Å²) in [4.78, 5) is 17.8. The summed E-state index contributed by atoms with van der Waals surface area (Å²) in [5.41, 5.74) is 3.43. The highest BCUT2D eigenvalue weighted by Crippen LogP contribution is 2.32. The number of amides is 1. The van der Waals surface area contributed by atoms with Crippen molar-refractivity contribution in [3.05, 3.63) is 59.1 Å². The summed E-state index contributed by atoms with van der Waals surface area (Å²) in [5.74, 6) is 0.114. The first-order valence-electron chi connectivity index (χ1n) is 8.71.